The minimum absolute atomic E-state index is 0.0533. The number of furan rings is 1. The number of carbonyl (C=O) groups excluding carboxylic acids is 1. The van der Waals surface area contributed by atoms with Crippen molar-refractivity contribution in [3.63, 3.8) is 0 Å². The average Bonchev–Trinajstić information content (AvgIpc) is 3.18. The summed E-state index contributed by atoms with van der Waals surface area (Å²) in [6.45, 7) is 0. The number of benzene rings is 1. The van der Waals surface area contributed by atoms with Gasteiger partial charge in [-0.3, -0.25) is 4.79 Å². The number of carbonyl (C=O) groups is 1. The molecule has 3 rings (SSSR count). The van der Waals surface area contributed by atoms with E-state index in [1.807, 2.05) is 30.3 Å². The molecule has 2 aromatic rings. The van der Waals surface area contributed by atoms with Gasteiger partial charge >= 0.3 is 0 Å². The summed E-state index contributed by atoms with van der Waals surface area (Å²) in [7, 11) is -3.10. The summed E-state index contributed by atoms with van der Waals surface area (Å²) < 4.78 is 29.5. The van der Waals surface area contributed by atoms with E-state index in [0.717, 1.165) is 10.0 Å². The maximum absolute atomic E-state index is 12.2. The Bertz CT molecular complexity index is 1020. The third kappa shape index (κ3) is 4.42. The van der Waals surface area contributed by atoms with Crippen molar-refractivity contribution in [2.75, 3.05) is 11.5 Å². The van der Waals surface area contributed by atoms with Gasteiger partial charge in [0, 0.05) is 22.2 Å². The van der Waals surface area contributed by atoms with E-state index in [-0.39, 0.29) is 17.1 Å². The molecule has 0 spiro atoms. The van der Waals surface area contributed by atoms with Crippen molar-refractivity contribution in [2.45, 2.75) is 12.5 Å². The van der Waals surface area contributed by atoms with Crippen molar-refractivity contribution in [1.82, 2.24) is 5.32 Å². The normalized spacial score (nSPS) is 19.1. The fourth-order valence-electron chi connectivity index (χ4n) is 2.69. The maximum atomic E-state index is 12.2. The number of amides is 1. The zero-order chi connectivity index (χ0) is 18.7. The molecule has 1 saturated heterocycles. The van der Waals surface area contributed by atoms with E-state index >= 15 is 0 Å². The fourth-order valence-corrected chi connectivity index (χ4v) is 4.76. The first-order chi connectivity index (χ1) is 12.4. The Morgan fingerprint density at radius 3 is 2.81 bits per heavy atom. The van der Waals surface area contributed by atoms with Crippen LogP contribution in [-0.4, -0.2) is 31.9 Å². The molecule has 134 valence electrons. The smallest absolute Gasteiger partial charge is 0.262 e. The van der Waals surface area contributed by atoms with Crippen LogP contribution in [0.25, 0.3) is 17.4 Å². The third-order valence-corrected chi connectivity index (χ3v) is 6.22. The Balaban J connectivity index is 1.75. The van der Waals surface area contributed by atoms with Crippen LogP contribution < -0.4 is 5.32 Å². The van der Waals surface area contributed by atoms with Crippen LogP contribution in [0.15, 0.2) is 50.9 Å². The number of nitriles is 1. The Labute approximate surface area is 159 Å². The quantitative estimate of drug-likeness (QED) is 0.588. The molecule has 0 radical (unpaired) electrons. The van der Waals surface area contributed by atoms with Gasteiger partial charge in [-0.1, -0.05) is 28.1 Å². The van der Waals surface area contributed by atoms with Crippen LogP contribution in [0.4, 0.5) is 0 Å². The summed E-state index contributed by atoms with van der Waals surface area (Å²) in [5.41, 5.74) is 0.725. The first-order valence-corrected chi connectivity index (χ1v) is 10.5. The van der Waals surface area contributed by atoms with Gasteiger partial charge in [0.25, 0.3) is 5.91 Å². The first kappa shape index (κ1) is 18.4. The fraction of sp³-hybridized carbons (Fsp3) is 0.222. The molecule has 26 heavy (non-hydrogen) atoms. The number of sulfone groups is 1. The lowest BCUT2D eigenvalue weighted by atomic mass is 10.2. The predicted octanol–water partition coefficient (Wildman–Crippen LogP) is 2.92. The van der Waals surface area contributed by atoms with Crippen LogP contribution >= 0.6 is 15.9 Å². The van der Waals surface area contributed by atoms with Crippen LogP contribution in [0.1, 0.15) is 12.2 Å². The van der Waals surface area contributed by atoms with Crippen LogP contribution in [0.5, 0.6) is 0 Å². The van der Waals surface area contributed by atoms with Crippen molar-refractivity contribution >= 4 is 37.8 Å². The Hall–Kier alpha value is -2.37. The zero-order valence-electron chi connectivity index (χ0n) is 13.6. The first-order valence-electron chi connectivity index (χ1n) is 7.85. The van der Waals surface area contributed by atoms with Crippen LogP contribution in [-0.2, 0) is 14.6 Å². The van der Waals surface area contributed by atoms with Crippen molar-refractivity contribution in [3.8, 4) is 17.4 Å². The molecular formula is C18H15BrN2O4S. The SMILES string of the molecule is N#C/C(=C\c1ccc(-c2cccc(Br)c2)o1)C(=O)N[C@H]1CCS(=O)(=O)C1. The molecule has 0 unspecified atom stereocenters. The second-order valence-corrected chi connectivity index (χ2v) is 9.10. The van der Waals surface area contributed by atoms with Crippen molar-refractivity contribution in [2.24, 2.45) is 0 Å². The lowest BCUT2D eigenvalue weighted by Gasteiger charge is -2.09. The molecule has 2 heterocycles. The topological polar surface area (TPSA) is 100 Å². The highest BCUT2D eigenvalue weighted by atomic mass is 79.9. The standard InChI is InChI=1S/C18H15BrN2O4S/c19-14-3-1-2-12(8-14)17-5-4-16(25-17)9-13(10-20)18(22)21-15-6-7-26(23,24)11-15/h1-5,8-9,15H,6-7,11H2,(H,21,22)/b13-9+/t15-/m0/s1. The average molecular weight is 435 g/mol. The van der Waals surface area contributed by atoms with Gasteiger partial charge in [0.1, 0.15) is 23.2 Å². The number of rotatable bonds is 4. The molecular weight excluding hydrogens is 420 g/mol. The Kier molecular flexibility index (Phi) is 5.30. The summed E-state index contributed by atoms with van der Waals surface area (Å²) in [6.07, 6.45) is 1.71. The van der Waals surface area contributed by atoms with E-state index in [9.17, 15) is 18.5 Å². The van der Waals surface area contributed by atoms with E-state index in [0.29, 0.717) is 17.9 Å². The van der Waals surface area contributed by atoms with Gasteiger partial charge in [0.15, 0.2) is 9.84 Å². The molecule has 1 fully saturated rings. The molecule has 1 N–H and O–H groups in total. The van der Waals surface area contributed by atoms with Gasteiger partial charge in [-0.15, -0.1) is 0 Å². The van der Waals surface area contributed by atoms with Crippen LogP contribution in [0.3, 0.4) is 0 Å². The molecule has 1 aromatic carbocycles. The number of nitrogens with zero attached hydrogens (tertiary/aromatic N) is 1. The number of halogens is 1. The molecule has 1 aromatic heterocycles. The maximum Gasteiger partial charge on any atom is 0.262 e. The molecule has 1 aliphatic heterocycles. The van der Waals surface area contributed by atoms with E-state index < -0.39 is 21.8 Å². The molecule has 1 aliphatic rings. The highest BCUT2D eigenvalue weighted by molar-refractivity contribution is 9.10. The molecule has 0 aliphatic carbocycles. The van der Waals surface area contributed by atoms with Crippen molar-refractivity contribution in [1.29, 1.82) is 5.26 Å². The second-order valence-electron chi connectivity index (χ2n) is 5.96. The van der Waals surface area contributed by atoms with Gasteiger partial charge < -0.3 is 9.73 Å². The lowest BCUT2D eigenvalue weighted by molar-refractivity contribution is -0.117. The molecule has 1 atom stereocenters. The van der Waals surface area contributed by atoms with E-state index in [1.165, 1.54) is 6.08 Å². The molecule has 8 heteroatoms. The summed E-state index contributed by atoms with van der Waals surface area (Å²) in [5, 5.41) is 11.8. The van der Waals surface area contributed by atoms with Crippen molar-refractivity contribution in [3.05, 3.63) is 52.2 Å². The third-order valence-electron chi connectivity index (χ3n) is 3.96. The second kappa shape index (κ2) is 7.48. The Morgan fingerprint density at radius 1 is 1.35 bits per heavy atom. The van der Waals surface area contributed by atoms with E-state index in [2.05, 4.69) is 21.2 Å². The van der Waals surface area contributed by atoms with Gasteiger partial charge in [0.2, 0.25) is 0 Å². The van der Waals surface area contributed by atoms with Gasteiger partial charge in [-0.2, -0.15) is 5.26 Å². The summed E-state index contributed by atoms with van der Waals surface area (Å²) in [4.78, 5) is 12.2. The van der Waals surface area contributed by atoms with Gasteiger partial charge in [-0.25, -0.2) is 8.42 Å². The highest BCUT2D eigenvalue weighted by Gasteiger charge is 2.29. The molecule has 0 bridgehead atoms. The molecule has 1 amide bonds. The van der Waals surface area contributed by atoms with Crippen LogP contribution in [0.2, 0.25) is 0 Å². The van der Waals surface area contributed by atoms with E-state index in [1.54, 1.807) is 12.1 Å². The minimum Gasteiger partial charge on any atom is -0.457 e. The van der Waals surface area contributed by atoms with Crippen molar-refractivity contribution < 1.29 is 17.6 Å². The van der Waals surface area contributed by atoms with Crippen LogP contribution in [0, 0.1) is 11.3 Å². The lowest BCUT2D eigenvalue weighted by Crippen LogP contribution is -2.36. The summed E-state index contributed by atoms with van der Waals surface area (Å²) in [6, 6.07) is 12.3. The zero-order valence-corrected chi connectivity index (χ0v) is 16.0. The minimum atomic E-state index is -3.10. The Morgan fingerprint density at radius 2 is 2.15 bits per heavy atom. The van der Waals surface area contributed by atoms with Gasteiger partial charge in [-0.05, 0) is 30.7 Å². The molecule has 6 nitrogen and oxygen atoms in total. The number of nitrogens with one attached hydrogen (secondary N) is 1. The summed E-state index contributed by atoms with van der Waals surface area (Å²) in [5.74, 6) is 0.334. The monoisotopic (exact) mass is 434 g/mol. The number of hydrogen-bond donors (Lipinski definition) is 1. The highest BCUT2D eigenvalue weighted by Crippen LogP contribution is 2.26. The predicted molar refractivity (Wildman–Crippen MR) is 101 cm³/mol. The molecule has 0 saturated carbocycles. The largest absolute Gasteiger partial charge is 0.457 e. The summed E-state index contributed by atoms with van der Waals surface area (Å²) >= 11 is 3.39. The number of hydrogen-bond acceptors (Lipinski definition) is 5. The van der Waals surface area contributed by atoms with E-state index in [4.69, 9.17) is 4.42 Å². The van der Waals surface area contributed by atoms with Gasteiger partial charge in [0.05, 0.1) is 11.5 Å².